The van der Waals surface area contributed by atoms with Crippen molar-refractivity contribution in [3.05, 3.63) is 167 Å². The zero-order chi connectivity index (χ0) is 47.2. The van der Waals surface area contributed by atoms with Gasteiger partial charge in [0.15, 0.2) is 0 Å². The molecule has 6 aromatic rings. The first-order valence-electron chi connectivity index (χ1n) is 23.6. The lowest BCUT2D eigenvalue weighted by Gasteiger charge is -2.22. The number of anilines is 2. The molecule has 0 saturated carbocycles. The van der Waals surface area contributed by atoms with Crippen LogP contribution >= 0.6 is 23.5 Å². The largest absolute Gasteiger partial charge is 0.490 e. The van der Waals surface area contributed by atoms with E-state index in [2.05, 4.69) is 108 Å². The number of ether oxygens (including phenoxy) is 2. The first kappa shape index (κ1) is 48.3. The van der Waals surface area contributed by atoms with Gasteiger partial charge in [0.25, 0.3) is 0 Å². The summed E-state index contributed by atoms with van der Waals surface area (Å²) in [5, 5.41) is 40.5. The fourth-order valence-electron chi connectivity index (χ4n) is 8.61. The third-order valence-corrected chi connectivity index (χ3v) is 14.6. The summed E-state index contributed by atoms with van der Waals surface area (Å²) in [7, 11) is 0. The van der Waals surface area contributed by atoms with Crippen molar-refractivity contribution in [3.8, 4) is 33.8 Å². The van der Waals surface area contributed by atoms with Gasteiger partial charge >= 0.3 is 0 Å². The quantitative estimate of drug-likeness (QED) is 0.0370. The fourth-order valence-corrected chi connectivity index (χ4v) is 10.6. The van der Waals surface area contributed by atoms with Crippen LogP contribution in [0.25, 0.3) is 22.3 Å². The van der Waals surface area contributed by atoms with Gasteiger partial charge in [-0.05, 0) is 74.2 Å². The molecule has 68 heavy (non-hydrogen) atoms. The first-order valence-corrected chi connectivity index (χ1v) is 25.9. The van der Waals surface area contributed by atoms with E-state index in [1.165, 1.54) is 0 Å². The summed E-state index contributed by atoms with van der Waals surface area (Å²) in [5.74, 6) is 3.99. The molecular weight excluding hydrogens is 885 g/mol. The second kappa shape index (κ2) is 23.7. The van der Waals surface area contributed by atoms with Gasteiger partial charge in [0.1, 0.15) is 36.1 Å². The third kappa shape index (κ3) is 11.4. The number of benzene rings is 6. The van der Waals surface area contributed by atoms with Crippen LogP contribution in [0.2, 0.25) is 0 Å². The van der Waals surface area contributed by atoms with Gasteiger partial charge in [-0.15, -0.1) is 10.2 Å². The lowest BCUT2D eigenvalue weighted by Crippen LogP contribution is -2.23. The summed E-state index contributed by atoms with van der Waals surface area (Å²) >= 11 is 3.34. The summed E-state index contributed by atoms with van der Waals surface area (Å²) in [6, 6.07) is 45.3. The predicted octanol–water partition coefficient (Wildman–Crippen LogP) is 10.7. The molecule has 8 rings (SSSR count). The minimum atomic E-state index is -0.668. The molecule has 2 atom stereocenters. The van der Waals surface area contributed by atoms with Crippen LogP contribution in [0.15, 0.2) is 154 Å². The molecule has 6 aromatic carbocycles. The Balaban J connectivity index is 0.823. The molecule has 2 aliphatic rings. The Hall–Kier alpha value is -6.18. The maximum atomic E-state index is 11.0. The van der Waals surface area contributed by atoms with E-state index in [4.69, 9.17) is 19.7 Å². The smallest absolute Gasteiger partial charge is 0.130 e. The average molecular weight is 945 g/mol. The lowest BCUT2D eigenvalue weighted by atomic mass is 10.1. The molecule has 0 radical (unpaired) electrons. The second-order valence-corrected chi connectivity index (χ2v) is 18.7. The van der Waals surface area contributed by atoms with Crippen LogP contribution in [0.4, 0.5) is 11.4 Å². The molecule has 2 unspecified atom stereocenters. The highest BCUT2D eigenvalue weighted by atomic mass is 32.2. The van der Waals surface area contributed by atoms with Crippen LogP contribution in [-0.4, -0.2) is 109 Å². The van der Waals surface area contributed by atoms with Crippen LogP contribution in [0.5, 0.6) is 11.5 Å². The zero-order valence-electron chi connectivity index (χ0n) is 39.3. The van der Waals surface area contributed by atoms with E-state index in [9.17, 15) is 10.2 Å². The minimum Gasteiger partial charge on any atom is -0.490 e. The SMILES string of the molecule is CCN(CC)c1ccc(/C=N/N=C2c3ccccc3-c3ccccc32)c(OCC(O)CSCCSCC(O)COc2cc(N(CC)CC)ccc2/C=N/N=C2c3ccccc3-c3ccccc32)c1. The van der Waals surface area contributed by atoms with Crippen LogP contribution in [0.3, 0.4) is 0 Å². The van der Waals surface area contributed by atoms with E-state index in [1.54, 1.807) is 36.0 Å². The molecule has 0 aromatic heterocycles. The number of hydrogen-bond acceptors (Lipinski definition) is 12. The molecule has 0 heterocycles. The average Bonchev–Trinajstić information content (AvgIpc) is 3.87. The number of aliphatic hydroxyl groups excluding tert-OH is 2. The molecule has 0 saturated heterocycles. The van der Waals surface area contributed by atoms with E-state index in [1.807, 2.05) is 72.8 Å². The van der Waals surface area contributed by atoms with E-state index in [0.29, 0.717) is 23.0 Å². The molecule has 0 amide bonds. The molecule has 10 nitrogen and oxygen atoms in total. The number of fused-ring (bicyclic) bond motifs is 6. The summed E-state index contributed by atoms with van der Waals surface area (Å²) in [5.41, 5.74) is 14.3. The summed E-state index contributed by atoms with van der Waals surface area (Å²) in [6.45, 7) is 12.3. The Labute approximate surface area is 409 Å². The van der Waals surface area contributed by atoms with E-state index in [-0.39, 0.29) is 13.2 Å². The lowest BCUT2D eigenvalue weighted by molar-refractivity contribution is 0.126. The summed E-state index contributed by atoms with van der Waals surface area (Å²) in [6.07, 6.45) is 2.13. The summed E-state index contributed by atoms with van der Waals surface area (Å²) < 4.78 is 12.6. The standard InChI is InChI=1S/C56H60N6O4S2/c1-5-61(6-2)41-27-25-39(33-57-59-55-49-21-13-9-17-45(49)46-18-10-14-22-50(46)55)53(31-41)65-35-43(63)37-67-29-30-68-38-44(64)36-66-54-32-42(62(7-3)8-4)28-26-40(54)34-58-60-56-51-23-15-11-19-47(51)48-20-12-16-24-52(48)56/h9-28,31-34,43-44,63-64H,5-8,29-30,35-38H2,1-4H3/b57-33+,58-34+. The Morgan fingerprint density at radius 2 is 0.794 bits per heavy atom. The third-order valence-electron chi connectivity index (χ3n) is 12.1. The van der Waals surface area contributed by atoms with Gasteiger partial charge in [-0.25, -0.2) is 0 Å². The van der Waals surface area contributed by atoms with Crippen molar-refractivity contribution >= 4 is 58.8 Å². The van der Waals surface area contributed by atoms with Gasteiger partial charge in [0.2, 0.25) is 0 Å². The van der Waals surface area contributed by atoms with Crippen LogP contribution in [0.1, 0.15) is 61.1 Å². The highest BCUT2D eigenvalue weighted by molar-refractivity contribution is 8.02. The van der Waals surface area contributed by atoms with Crippen molar-refractivity contribution < 1.29 is 19.7 Å². The Morgan fingerprint density at radius 1 is 0.471 bits per heavy atom. The van der Waals surface area contributed by atoms with Gasteiger partial charge in [-0.3, -0.25) is 0 Å². The minimum absolute atomic E-state index is 0.144. The highest BCUT2D eigenvalue weighted by Crippen LogP contribution is 2.38. The molecule has 0 bridgehead atoms. The number of aliphatic hydroxyl groups is 2. The molecule has 2 N–H and O–H groups in total. The van der Waals surface area contributed by atoms with Crippen molar-refractivity contribution in [2.45, 2.75) is 39.9 Å². The number of rotatable bonds is 23. The van der Waals surface area contributed by atoms with Crippen LogP contribution in [0, 0.1) is 0 Å². The van der Waals surface area contributed by atoms with Gasteiger partial charge in [-0.2, -0.15) is 33.7 Å². The predicted molar refractivity (Wildman–Crippen MR) is 288 cm³/mol. The monoisotopic (exact) mass is 944 g/mol. The van der Waals surface area contributed by atoms with Crippen LogP contribution < -0.4 is 19.3 Å². The van der Waals surface area contributed by atoms with Crippen molar-refractivity contribution in [1.82, 2.24) is 0 Å². The molecule has 0 spiro atoms. The first-order chi connectivity index (χ1) is 33.4. The van der Waals surface area contributed by atoms with Crippen molar-refractivity contribution in [2.75, 3.05) is 72.2 Å². The molecule has 12 heteroatoms. The van der Waals surface area contributed by atoms with Crippen LogP contribution in [-0.2, 0) is 0 Å². The normalized spacial score (nSPS) is 13.3. The molecule has 0 fully saturated rings. The number of nitrogens with zero attached hydrogens (tertiary/aromatic N) is 6. The van der Waals surface area contributed by atoms with Crippen molar-refractivity contribution in [1.29, 1.82) is 0 Å². The molecule has 2 aliphatic carbocycles. The van der Waals surface area contributed by atoms with Gasteiger partial charge in [0.05, 0.1) is 24.6 Å². The maximum absolute atomic E-state index is 11.0. The number of thioether (sulfide) groups is 2. The van der Waals surface area contributed by atoms with Gasteiger partial charge < -0.3 is 29.5 Å². The Bertz CT molecular complexity index is 2500. The van der Waals surface area contributed by atoms with E-state index in [0.717, 1.165) is 116 Å². The molecular formula is C56H60N6O4S2. The highest BCUT2D eigenvalue weighted by Gasteiger charge is 2.25. The fraction of sp³-hybridized carbons (Fsp3) is 0.286. The van der Waals surface area contributed by atoms with E-state index >= 15 is 0 Å². The maximum Gasteiger partial charge on any atom is 0.130 e. The topological polar surface area (TPSA) is 115 Å². The Morgan fingerprint density at radius 3 is 1.12 bits per heavy atom. The Kier molecular flexibility index (Phi) is 16.8. The van der Waals surface area contributed by atoms with Crippen molar-refractivity contribution in [2.24, 2.45) is 20.4 Å². The summed E-state index contributed by atoms with van der Waals surface area (Å²) in [4.78, 5) is 4.52. The number of hydrogen-bond donors (Lipinski definition) is 2. The van der Waals surface area contributed by atoms with Gasteiger partial charge in [0, 0.05) is 106 Å². The molecule has 350 valence electrons. The van der Waals surface area contributed by atoms with Crippen molar-refractivity contribution in [3.63, 3.8) is 0 Å². The van der Waals surface area contributed by atoms with Gasteiger partial charge in [-0.1, -0.05) is 97.1 Å². The molecule has 0 aliphatic heterocycles. The van der Waals surface area contributed by atoms with E-state index < -0.39 is 12.2 Å². The second-order valence-electron chi connectivity index (χ2n) is 16.4. The zero-order valence-corrected chi connectivity index (χ0v) is 40.9.